The number of nitrogen functional groups attached to an aromatic ring is 1. The first kappa shape index (κ1) is 7.65. The number of hydrogen-bond donors (Lipinski definition) is 1. The van der Waals surface area contributed by atoms with E-state index in [4.69, 9.17) is 5.73 Å². The molecule has 0 fully saturated rings. The maximum Gasteiger partial charge on any atom is 0.225 e. The standard InChI is InChI=1S/C7H7FN2O/c1-4(11)5-2-3-6(9)10-7(5)8/h2-3H,1H3,(H2,9,10). The number of nitrogens with zero attached hydrogens (tertiary/aromatic N) is 1. The molecule has 0 saturated carbocycles. The molecule has 1 heterocycles. The molecule has 3 nitrogen and oxygen atoms in total. The Kier molecular flexibility index (Phi) is 1.85. The zero-order chi connectivity index (χ0) is 8.43. The van der Waals surface area contributed by atoms with Gasteiger partial charge in [0.05, 0.1) is 5.56 Å². The monoisotopic (exact) mass is 154 g/mol. The van der Waals surface area contributed by atoms with Crippen LogP contribution in [0.3, 0.4) is 0 Å². The first-order valence-electron chi connectivity index (χ1n) is 3.04. The summed E-state index contributed by atoms with van der Waals surface area (Å²) in [5.41, 5.74) is 5.14. The molecule has 0 unspecified atom stereocenters. The van der Waals surface area contributed by atoms with Gasteiger partial charge in [-0.2, -0.15) is 4.39 Å². The van der Waals surface area contributed by atoms with Gasteiger partial charge in [-0.15, -0.1) is 0 Å². The molecule has 11 heavy (non-hydrogen) atoms. The fraction of sp³-hybridized carbons (Fsp3) is 0.143. The number of carbonyl (C=O) groups is 1. The fourth-order valence-electron chi connectivity index (χ4n) is 0.711. The van der Waals surface area contributed by atoms with Crippen molar-refractivity contribution in [3.63, 3.8) is 0 Å². The van der Waals surface area contributed by atoms with Gasteiger partial charge in [-0.25, -0.2) is 4.98 Å². The van der Waals surface area contributed by atoms with Crippen LogP contribution < -0.4 is 5.73 Å². The SMILES string of the molecule is CC(=O)c1ccc(N)nc1F. The molecule has 0 saturated heterocycles. The Morgan fingerprint density at radius 3 is 2.73 bits per heavy atom. The lowest BCUT2D eigenvalue weighted by Gasteiger charge is -1.96. The Balaban J connectivity index is 3.20. The Morgan fingerprint density at radius 2 is 2.27 bits per heavy atom. The predicted molar refractivity (Wildman–Crippen MR) is 38.6 cm³/mol. The second-order valence-electron chi connectivity index (χ2n) is 2.13. The second-order valence-corrected chi connectivity index (χ2v) is 2.13. The van der Waals surface area contributed by atoms with Crippen molar-refractivity contribution in [3.8, 4) is 0 Å². The van der Waals surface area contributed by atoms with Crippen molar-refractivity contribution in [2.24, 2.45) is 0 Å². The van der Waals surface area contributed by atoms with E-state index in [9.17, 15) is 9.18 Å². The summed E-state index contributed by atoms with van der Waals surface area (Å²) in [7, 11) is 0. The highest BCUT2D eigenvalue weighted by atomic mass is 19.1. The number of pyridine rings is 1. The second kappa shape index (κ2) is 2.65. The maximum absolute atomic E-state index is 12.7. The maximum atomic E-state index is 12.7. The van der Waals surface area contributed by atoms with E-state index in [-0.39, 0.29) is 17.2 Å². The molecule has 0 amide bonds. The van der Waals surface area contributed by atoms with Gasteiger partial charge in [0.2, 0.25) is 5.95 Å². The van der Waals surface area contributed by atoms with Crippen LogP contribution >= 0.6 is 0 Å². The molecular weight excluding hydrogens is 147 g/mol. The van der Waals surface area contributed by atoms with Crippen LogP contribution in [0.1, 0.15) is 17.3 Å². The Morgan fingerprint density at radius 1 is 1.64 bits per heavy atom. The highest BCUT2D eigenvalue weighted by molar-refractivity contribution is 5.94. The lowest BCUT2D eigenvalue weighted by atomic mass is 10.2. The number of ketones is 1. The summed E-state index contributed by atoms with van der Waals surface area (Å²) in [4.78, 5) is 13.9. The molecule has 58 valence electrons. The van der Waals surface area contributed by atoms with E-state index in [0.29, 0.717) is 0 Å². The molecular formula is C7H7FN2O. The summed E-state index contributed by atoms with van der Waals surface area (Å²) in [6.07, 6.45) is 0. The van der Waals surface area contributed by atoms with Gasteiger partial charge in [0.25, 0.3) is 0 Å². The average molecular weight is 154 g/mol. The van der Waals surface area contributed by atoms with Gasteiger partial charge >= 0.3 is 0 Å². The molecule has 1 rings (SSSR count). The quantitative estimate of drug-likeness (QED) is 0.485. The van der Waals surface area contributed by atoms with Gasteiger partial charge in [-0.1, -0.05) is 0 Å². The van der Waals surface area contributed by atoms with Gasteiger partial charge in [0.1, 0.15) is 5.82 Å². The molecule has 0 aliphatic carbocycles. The zero-order valence-electron chi connectivity index (χ0n) is 5.97. The van der Waals surface area contributed by atoms with Crippen molar-refractivity contribution < 1.29 is 9.18 Å². The minimum atomic E-state index is -0.808. The molecule has 1 aromatic rings. The van der Waals surface area contributed by atoms with Crippen LogP contribution in [0.2, 0.25) is 0 Å². The third-order valence-electron chi connectivity index (χ3n) is 1.25. The molecule has 0 aliphatic rings. The zero-order valence-corrected chi connectivity index (χ0v) is 5.97. The number of Topliss-reactive ketones (excluding diaryl/α,β-unsaturated/α-hetero) is 1. The first-order chi connectivity index (χ1) is 5.11. The van der Waals surface area contributed by atoms with Crippen LogP contribution in [0, 0.1) is 5.95 Å². The summed E-state index contributed by atoms with van der Waals surface area (Å²) in [5, 5.41) is 0. The average Bonchev–Trinajstić information content (AvgIpc) is 1.85. The lowest BCUT2D eigenvalue weighted by Crippen LogP contribution is -2.01. The summed E-state index contributed by atoms with van der Waals surface area (Å²) in [5.74, 6) is -1.08. The van der Waals surface area contributed by atoms with Crippen molar-refractivity contribution >= 4 is 11.6 Å². The number of carbonyl (C=O) groups excluding carboxylic acids is 1. The Hall–Kier alpha value is -1.45. The Bertz CT molecular complexity index is 298. The largest absolute Gasteiger partial charge is 0.384 e. The van der Waals surface area contributed by atoms with Crippen molar-refractivity contribution in [1.82, 2.24) is 4.98 Å². The topological polar surface area (TPSA) is 56.0 Å². The van der Waals surface area contributed by atoms with E-state index >= 15 is 0 Å². The molecule has 2 N–H and O–H groups in total. The van der Waals surface area contributed by atoms with Crippen LogP contribution in [-0.4, -0.2) is 10.8 Å². The molecule has 0 radical (unpaired) electrons. The smallest absolute Gasteiger partial charge is 0.225 e. The van der Waals surface area contributed by atoms with Crippen LogP contribution in [-0.2, 0) is 0 Å². The fourth-order valence-corrected chi connectivity index (χ4v) is 0.711. The van der Waals surface area contributed by atoms with E-state index in [1.807, 2.05) is 0 Å². The van der Waals surface area contributed by atoms with Crippen LogP contribution in [0.15, 0.2) is 12.1 Å². The minimum absolute atomic E-state index is 0.0285. The number of rotatable bonds is 1. The lowest BCUT2D eigenvalue weighted by molar-refractivity contribution is 0.101. The number of anilines is 1. The van der Waals surface area contributed by atoms with Crippen molar-refractivity contribution in [2.45, 2.75) is 6.92 Å². The summed E-state index contributed by atoms with van der Waals surface area (Å²) >= 11 is 0. The third-order valence-corrected chi connectivity index (χ3v) is 1.25. The van der Waals surface area contributed by atoms with E-state index in [0.717, 1.165) is 0 Å². The molecule has 4 heteroatoms. The summed E-state index contributed by atoms with van der Waals surface area (Å²) < 4.78 is 12.7. The highest BCUT2D eigenvalue weighted by Crippen LogP contribution is 2.07. The predicted octanol–water partition coefficient (Wildman–Crippen LogP) is 1.01. The van der Waals surface area contributed by atoms with E-state index in [1.165, 1.54) is 19.1 Å². The van der Waals surface area contributed by atoms with Crippen LogP contribution in [0.4, 0.5) is 10.2 Å². The van der Waals surface area contributed by atoms with Crippen LogP contribution in [0.25, 0.3) is 0 Å². The van der Waals surface area contributed by atoms with Crippen molar-refractivity contribution in [2.75, 3.05) is 5.73 Å². The highest BCUT2D eigenvalue weighted by Gasteiger charge is 2.07. The Labute approximate surface area is 63.0 Å². The molecule has 0 aliphatic heterocycles. The van der Waals surface area contributed by atoms with E-state index in [2.05, 4.69) is 4.98 Å². The van der Waals surface area contributed by atoms with Gasteiger partial charge in [-0.3, -0.25) is 4.79 Å². The normalized spacial score (nSPS) is 9.64. The van der Waals surface area contributed by atoms with Gasteiger partial charge in [0, 0.05) is 0 Å². The molecule has 1 aromatic heterocycles. The molecule has 0 spiro atoms. The van der Waals surface area contributed by atoms with Gasteiger partial charge < -0.3 is 5.73 Å². The van der Waals surface area contributed by atoms with Gasteiger partial charge in [0.15, 0.2) is 5.78 Å². The first-order valence-corrected chi connectivity index (χ1v) is 3.04. The third kappa shape index (κ3) is 1.52. The van der Waals surface area contributed by atoms with Crippen molar-refractivity contribution in [1.29, 1.82) is 0 Å². The van der Waals surface area contributed by atoms with Crippen molar-refractivity contribution in [3.05, 3.63) is 23.6 Å². The van der Waals surface area contributed by atoms with E-state index in [1.54, 1.807) is 0 Å². The number of halogens is 1. The van der Waals surface area contributed by atoms with Crippen LogP contribution in [0.5, 0.6) is 0 Å². The summed E-state index contributed by atoms with van der Waals surface area (Å²) in [6.45, 7) is 1.27. The minimum Gasteiger partial charge on any atom is -0.384 e. The number of hydrogen-bond acceptors (Lipinski definition) is 3. The number of nitrogens with two attached hydrogens (primary N) is 1. The molecule has 0 bridgehead atoms. The number of aromatic nitrogens is 1. The molecule has 0 aromatic carbocycles. The molecule has 0 atom stereocenters. The van der Waals surface area contributed by atoms with Gasteiger partial charge in [-0.05, 0) is 19.1 Å². The summed E-state index contributed by atoms with van der Waals surface area (Å²) in [6, 6.07) is 2.71. The van der Waals surface area contributed by atoms with E-state index < -0.39 is 5.95 Å².